The molecule has 0 saturated carbocycles. The zero-order valence-electron chi connectivity index (χ0n) is 11.0. The van der Waals surface area contributed by atoms with Crippen LogP contribution in [0.1, 0.15) is 30.5 Å². The number of rotatable bonds is 4. The molecule has 1 aliphatic rings. The molecular formula is C14H16FN3O2. The Labute approximate surface area is 116 Å². The minimum Gasteiger partial charge on any atom is -0.484 e. The molecule has 0 aliphatic carbocycles. The Balaban J connectivity index is 1.58. The lowest BCUT2D eigenvalue weighted by atomic mass is 10.00. The van der Waals surface area contributed by atoms with Gasteiger partial charge >= 0.3 is 0 Å². The molecule has 0 amide bonds. The van der Waals surface area contributed by atoms with E-state index in [0.29, 0.717) is 17.5 Å². The molecular weight excluding hydrogens is 261 g/mol. The van der Waals surface area contributed by atoms with E-state index in [-0.39, 0.29) is 18.3 Å². The first-order valence-electron chi connectivity index (χ1n) is 6.72. The summed E-state index contributed by atoms with van der Waals surface area (Å²) in [5, 5.41) is 11.4. The van der Waals surface area contributed by atoms with Gasteiger partial charge in [-0.2, -0.15) is 0 Å². The van der Waals surface area contributed by atoms with Crippen LogP contribution >= 0.6 is 0 Å². The molecule has 106 valence electrons. The van der Waals surface area contributed by atoms with Crippen molar-refractivity contribution in [1.29, 1.82) is 0 Å². The normalized spacial score (nSPS) is 18.9. The molecule has 1 aromatic heterocycles. The summed E-state index contributed by atoms with van der Waals surface area (Å²) in [7, 11) is 0. The second-order valence-corrected chi connectivity index (χ2v) is 4.82. The summed E-state index contributed by atoms with van der Waals surface area (Å²) in [6.45, 7) is 2.12. The van der Waals surface area contributed by atoms with Gasteiger partial charge in [-0.05, 0) is 43.7 Å². The maximum atomic E-state index is 12.8. The molecule has 0 spiro atoms. The highest BCUT2D eigenvalue weighted by molar-refractivity contribution is 5.22. The van der Waals surface area contributed by atoms with Crippen LogP contribution in [-0.2, 0) is 6.61 Å². The van der Waals surface area contributed by atoms with Gasteiger partial charge in [0, 0.05) is 12.5 Å². The van der Waals surface area contributed by atoms with E-state index in [9.17, 15) is 4.39 Å². The molecule has 1 unspecified atom stereocenters. The van der Waals surface area contributed by atoms with Crippen LogP contribution < -0.4 is 10.1 Å². The van der Waals surface area contributed by atoms with Gasteiger partial charge in [0.15, 0.2) is 6.61 Å². The van der Waals surface area contributed by atoms with Crippen molar-refractivity contribution >= 4 is 0 Å². The first kappa shape index (κ1) is 13.1. The molecule has 1 atom stereocenters. The molecule has 3 rings (SSSR count). The molecule has 5 nitrogen and oxygen atoms in total. The van der Waals surface area contributed by atoms with E-state index in [4.69, 9.17) is 9.15 Å². The summed E-state index contributed by atoms with van der Waals surface area (Å²) in [6.07, 6.45) is 2.18. The number of nitrogens with one attached hydrogen (secondary N) is 1. The minimum absolute atomic E-state index is 0.193. The highest BCUT2D eigenvalue weighted by Crippen LogP contribution is 2.22. The molecule has 2 heterocycles. The number of benzene rings is 1. The second-order valence-electron chi connectivity index (χ2n) is 4.82. The van der Waals surface area contributed by atoms with Crippen molar-refractivity contribution in [2.45, 2.75) is 25.4 Å². The fourth-order valence-corrected chi connectivity index (χ4v) is 2.23. The Morgan fingerprint density at radius 1 is 1.30 bits per heavy atom. The maximum Gasteiger partial charge on any atom is 0.253 e. The average molecular weight is 277 g/mol. The predicted molar refractivity (Wildman–Crippen MR) is 69.9 cm³/mol. The van der Waals surface area contributed by atoms with Crippen LogP contribution in [0.2, 0.25) is 0 Å². The largest absolute Gasteiger partial charge is 0.484 e. The Hall–Kier alpha value is -1.95. The third kappa shape index (κ3) is 3.14. The monoisotopic (exact) mass is 277 g/mol. The molecule has 0 bridgehead atoms. The number of hydrogen-bond donors (Lipinski definition) is 1. The number of hydrogen-bond acceptors (Lipinski definition) is 5. The highest BCUT2D eigenvalue weighted by Gasteiger charge is 2.21. The van der Waals surface area contributed by atoms with Gasteiger partial charge in [0.1, 0.15) is 11.6 Å². The second kappa shape index (κ2) is 6.00. The summed E-state index contributed by atoms with van der Waals surface area (Å²) in [6, 6.07) is 5.83. The molecule has 1 aromatic carbocycles. The molecule has 2 aromatic rings. The number of ether oxygens (including phenoxy) is 1. The van der Waals surface area contributed by atoms with Crippen LogP contribution in [0, 0.1) is 5.82 Å². The van der Waals surface area contributed by atoms with Crippen LogP contribution in [0.5, 0.6) is 5.75 Å². The van der Waals surface area contributed by atoms with Crippen molar-refractivity contribution in [3.63, 3.8) is 0 Å². The van der Waals surface area contributed by atoms with Crippen molar-refractivity contribution in [2.24, 2.45) is 0 Å². The third-order valence-electron chi connectivity index (χ3n) is 3.30. The Morgan fingerprint density at radius 2 is 2.15 bits per heavy atom. The van der Waals surface area contributed by atoms with Gasteiger partial charge in [-0.25, -0.2) is 4.39 Å². The van der Waals surface area contributed by atoms with Crippen LogP contribution in [0.25, 0.3) is 0 Å². The third-order valence-corrected chi connectivity index (χ3v) is 3.30. The van der Waals surface area contributed by atoms with E-state index < -0.39 is 0 Å². The van der Waals surface area contributed by atoms with E-state index in [1.807, 2.05) is 0 Å². The zero-order chi connectivity index (χ0) is 13.8. The van der Waals surface area contributed by atoms with E-state index in [0.717, 1.165) is 25.9 Å². The summed E-state index contributed by atoms with van der Waals surface area (Å²) >= 11 is 0. The summed E-state index contributed by atoms with van der Waals surface area (Å²) in [4.78, 5) is 0. The van der Waals surface area contributed by atoms with Gasteiger partial charge < -0.3 is 14.5 Å². The molecule has 1 fully saturated rings. The fourth-order valence-electron chi connectivity index (χ4n) is 2.23. The maximum absolute atomic E-state index is 12.8. The van der Waals surface area contributed by atoms with Gasteiger partial charge in [0.2, 0.25) is 5.89 Å². The molecule has 1 aliphatic heterocycles. The first-order valence-corrected chi connectivity index (χ1v) is 6.72. The smallest absolute Gasteiger partial charge is 0.253 e. The van der Waals surface area contributed by atoms with Crippen molar-refractivity contribution in [3.8, 4) is 5.75 Å². The minimum atomic E-state index is -0.290. The number of piperidine rings is 1. The zero-order valence-corrected chi connectivity index (χ0v) is 11.0. The Morgan fingerprint density at radius 3 is 2.90 bits per heavy atom. The highest BCUT2D eigenvalue weighted by atomic mass is 19.1. The van der Waals surface area contributed by atoms with Crippen molar-refractivity contribution in [3.05, 3.63) is 41.9 Å². The topological polar surface area (TPSA) is 60.2 Å². The van der Waals surface area contributed by atoms with Crippen LogP contribution in [-0.4, -0.2) is 23.3 Å². The molecule has 0 radical (unpaired) electrons. The van der Waals surface area contributed by atoms with Gasteiger partial charge in [-0.15, -0.1) is 10.2 Å². The van der Waals surface area contributed by atoms with Gasteiger partial charge in [-0.3, -0.25) is 0 Å². The van der Waals surface area contributed by atoms with Crippen molar-refractivity contribution < 1.29 is 13.5 Å². The number of halogens is 1. The van der Waals surface area contributed by atoms with Crippen LogP contribution in [0.15, 0.2) is 28.7 Å². The van der Waals surface area contributed by atoms with Crippen LogP contribution in [0.3, 0.4) is 0 Å². The average Bonchev–Trinajstić information content (AvgIpc) is 2.97. The van der Waals surface area contributed by atoms with E-state index >= 15 is 0 Å². The van der Waals surface area contributed by atoms with Gasteiger partial charge in [0.25, 0.3) is 5.89 Å². The van der Waals surface area contributed by atoms with E-state index in [1.54, 1.807) is 12.1 Å². The SMILES string of the molecule is Fc1ccc(OCc2nnc(C3CCCNC3)o2)cc1. The quantitative estimate of drug-likeness (QED) is 0.928. The Kier molecular flexibility index (Phi) is 3.92. The Bertz CT molecular complexity index is 550. The first-order chi connectivity index (χ1) is 9.81. The molecule has 1 N–H and O–H groups in total. The summed E-state index contributed by atoms with van der Waals surface area (Å²) in [5.41, 5.74) is 0. The van der Waals surface area contributed by atoms with Crippen molar-refractivity contribution in [2.75, 3.05) is 13.1 Å². The summed E-state index contributed by atoms with van der Waals surface area (Å²) < 4.78 is 23.8. The van der Waals surface area contributed by atoms with Gasteiger partial charge in [0.05, 0.1) is 0 Å². The van der Waals surface area contributed by atoms with E-state index in [2.05, 4.69) is 15.5 Å². The lowest BCUT2D eigenvalue weighted by Gasteiger charge is -2.18. The fraction of sp³-hybridized carbons (Fsp3) is 0.429. The lowest BCUT2D eigenvalue weighted by molar-refractivity contribution is 0.253. The standard InChI is InChI=1S/C14H16FN3O2/c15-11-3-5-12(6-4-11)19-9-13-17-18-14(20-13)10-2-1-7-16-8-10/h3-6,10,16H,1-2,7-9H2. The molecule has 1 saturated heterocycles. The van der Waals surface area contributed by atoms with E-state index in [1.165, 1.54) is 12.1 Å². The predicted octanol–water partition coefficient (Wildman–Crippen LogP) is 2.25. The lowest BCUT2D eigenvalue weighted by Crippen LogP contribution is -2.28. The van der Waals surface area contributed by atoms with Gasteiger partial charge in [-0.1, -0.05) is 0 Å². The number of aromatic nitrogens is 2. The number of nitrogens with zero attached hydrogens (tertiary/aromatic N) is 2. The summed E-state index contributed by atoms with van der Waals surface area (Å²) in [5.74, 6) is 1.67. The van der Waals surface area contributed by atoms with Crippen molar-refractivity contribution in [1.82, 2.24) is 15.5 Å². The molecule has 20 heavy (non-hydrogen) atoms. The molecule has 6 heteroatoms. The van der Waals surface area contributed by atoms with Crippen LogP contribution in [0.4, 0.5) is 4.39 Å².